The minimum absolute atomic E-state index is 0.144. The first-order valence-corrected chi connectivity index (χ1v) is 23.2. The molecule has 0 saturated heterocycles. The van der Waals surface area contributed by atoms with Crippen molar-refractivity contribution >= 4 is 25.7 Å². The van der Waals surface area contributed by atoms with Crippen LogP contribution in [0.3, 0.4) is 0 Å². The Morgan fingerprint density at radius 2 is 0.946 bits per heavy atom. The lowest BCUT2D eigenvalue weighted by Gasteiger charge is -2.20. The zero-order chi connectivity index (χ0) is 41.4. The van der Waals surface area contributed by atoms with Crippen molar-refractivity contribution in [2.45, 2.75) is 193 Å². The topological polar surface area (TPSA) is 172 Å². The molecule has 0 aromatic rings. The summed E-state index contributed by atoms with van der Waals surface area (Å²) in [4.78, 5) is 45.9. The minimum Gasteiger partial charge on any atom is -0.480 e. The summed E-state index contributed by atoms with van der Waals surface area (Å²) in [5.41, 5.74) is 5.33. The summed E-state index contributed by atoms with van der Waals surface area (Å²) < 4.78 is 32.6. The summed E-state index contributed by atoms with van der Waals surface area (Å²) in [5, 5.41) is 8.88. The summed E-state index contributed by atoms with van der Waals surface area (Å²) >= 11 is 0. The molecule has 1 unspecified atom stereocenters. The number of esters is 2. The molecule has 0 heterocycles. The third kappa shape index (κ3) is 38.3. The van der Waals surface area contributed by atoms with Gasteiger partial charge in [0.15, 0.2) is 6.10 Å². The number of carboxylic acid groups (broad SMARTS) is 1. The molecule has 3 atom stereocenters. The van der Waals surface area contributed by atoms with Gasteiger partial charge in [-0.2, -0.15) is 0 Å². The number of hydrogen-bond acceptors (Lipinski definition) is 9. The molecule has 0 amide bonds. The number of phosphoric ester groups is 1. The molecule has 0 bridgehead atoms. The van der Waals surface area contributed by atoms with E-state index in [9.17, 15) is 23.8 Å². The number of carbonyl (C=O) groups is 3. The lowest BCUT2D eigenvalue weighted by Crippen LogP contribution is -2.34. The molecule has 0 rings (SSSR count). The van der Waals surface area contributed by atoms with E-state index in [1.807, 2.05) is 0 Å². The van der Waals surface area contributed by atoms with Crippen molar-refractivity contribution in [1.82, 2.24) is 0 Å². The quantitative estimate of drug-likeness (QED) is 0.0233. The number of hydrogen-bond donors (Lipinski definition) is 3. The summed E-state index contributed by atoms with van der Waals surface area (Å²) in [7, 11) is -4.72. The maximum absolute atomic E-state index is 12.6. The number of nitrogens with two attached hydrogens (primary N) is 1. The van der Waals surface area contributed by atoms with Crippen molar-refractivity contribution in [3.8, 4) is 0 Å². The van der Waals surface area contributed by atoms with Crippen LogP contribution in [0.1, 0.15) is 181 Å². The van der Waals surface area contributed by atoms with E-state index in [-0.39, 0.29) is 19.4 Å². The number of carbonyl (C=O) groups excluding carboxylic acids is 2. The molecular weight excluding hydrogens is 733 g/mol. The maximum atomic E-state index is 12.6. The third-order valence-corrected chi connectivity index (χ3v) is 10.0. The molecular formula is C44H78NO10P. The van der Waals surface area contributed by atoms with E-state index in [2.05, 4.69) is 67.0 Å². The van der Waals surface area contributed by atoms with Crippen LogP contribution in [0.2, 0.25) is 0 Å². The Morgan fingerprint density at radius 3 is 1.46 bits per heavy atom. The summed E-state index contributed by atoms with van der Waals surface area (Å²) in [5.74, 6) is -2.43. The number of phosphoric acid groups is 1. The number of aliphatic carboxylic acids is 1. The summed E-state index contributed by atoms with van der Waals surface area (Å²) in [6.07, 6.45) is 43.2. The van der Waals surface area contributed by atoms with Gasteiger partial charge in [-0.25, -0.2) is 4.57 Å². The predicted molar refractivity (Wildman–Crippen MR) is 226 cm³/mol. The fourth-order valence-corrected chi connectivity index (χ4v) is 6.37. The monoisotopic (exact) mass is 812 g/mol. The standard InChI is InChI=1S/C44H78NO10P/c1-3-5-7-9-11-13-15-17-19-20-22-24-26-28-30-32-34-36-43(47)55-40(38-53-56(50,51)54-39-41(45)44(48)49)37-52-42(46)35-33-31-29-27-25-23-21-18-16-14-12-10-8-6-4-2/h11,13,17-19,21,25,27,40-41H,3-10,12,14-16,20,22-24,26,28-39,45H2,1-2H3,(H,48,49)(H,50,51)/b13-11+,19-17+,21-18+,27-25+/t40-,41+/m1/s1. The highest BCUT2D eigenvalue weighted by atomic mass is 31.2. The molecule has 56 heavy (non-hydrogen) atoms. The van der Waals surface area contributed by atoms with Gasteiger partial charge in [-0.05, 0) is 77.0 Å². The maximum Gasteiger partial charge on any atom is 0.472 e. The molecule has 0 spiro atoms. The number of unbranched alkanes of at least 4 members (excludes halogenated alkanes) is 18. The fourth-order valence-electron chi connectivity index (χ4n) is 5.59. The Balaban J connectivity index is 4.43. The van der Waals surface area contributed by atoms with Gasteiger partial charge in [0.25, 0.3) is 0 Å². The zero-order valence-electron chi connectivity index (χ0n) is 35.0. The smallest absolute Gasteiger partial charge is 0.472 e. The SMILES string of the molecule is CCCCC/C=C/C/C=C/CCCCCCCCCC(=O)O[C@H](COC(=O)CCCC/C=C/C/C=C/CCCCCCCC)COP(=O)(O)OC[C@H](N)C(=O)O. The number of carboxylic acids is 1. The van der Waals surface area contributed by atoms with Gasteiger partial charge in [0, 0.05) is 12.8 Å². The van der Waals surface area contributed by atoms with E-state index in [0.29, 0.717) is 12.8 Å². The highest BCUT2D eigenvalue weighted by molar-refractivity contribution is 7.47. The second-order valence-electron chi connectivity index (χ2n) is 14.5. The highest BCUT2D eigenvalue weighted by Crippen LogP contribution is 2.43. The first kappa shape index (κ1) is 53.4. The van der Waals surface area contributed by atoms with Gasteiger partial charge >= 0.3 is 25.7 Å². The summed E-state index contributed by atoms with van der Waals surface area (Å²) in [6, 6.07) is -1.53. The van der Waals surface area contributed by atoms with Crippen LogP contribution >= 0.6 is 7.82 Å². The highest BCUT2D eigenvalue weighted by Gasteiger charge is 2.28. The van der Waals surface area contributed by atoms with E-state index in [1.165, 1.54) is 77.0 Å². The van der Waals surface area contributed by atoms with Crippen molar-refractivity contribution in [1.29, 1.82) is 0 Å². The first-order valence-electron chi connectivity index (χ1n) is 21.7. The molecule has 0 fully saturated rings. The predicted octanol–water partition coefficient (Wildman–Crippen LogP) is 11.4. The second kappa shape index (κ2) is 39.3. The first-order chi connectivity index (χ1) is 27.1. The number of ether oxygens (including phenoxy) is 2. The van der Waals surface area contributed by atoms with Crippen LogP contribution < -0.4 is 5.73 Å². The summed E-state index contributed by atoms with van der Waals surface area (Å²) in [6.45, 7) is 2.72. The van der Waals surface area contributed by atoms with Crippen LogP contribution in [0.5, 0.6) is 0 Å². The fraction of sp³-hybridized carbons (Fsp3) is 0.750. The zero-order valence-corrected chi connectivity index (χ0v) is 35.9. The van der Waals surface area contributed by atoms with Gasteiger partial charge in [-0.15, -0.1) is 0 Å². The molecule has 4 N–H and O–H groups in total. The van der Waals surface area contributed by atoms with Crippen LogP contribution in [0.4, 0.5) is 0 Å². The Bertz CT molecular complexity index is 1140. The molecule has 0 aromatic carbocycles. The van der Waals surface area contributed by atoms with E-state index in [0.717, 1.165) is 64.2 Å². The molecule has 0 saturated carbocycles. The number of allylic oxidation sites excluding steroid dienone is 8. The third-order valence-electron chi connectivity index (χ3n) is 9.05. The molecule has 0 aliphatic carbocycles. The van der Waals surface area contributed by atoms with Crippen molar-refractivity contribution in [3.63, 3.8) is 0 Å². The molecule has 12 heteroatoms. The molecule has 0 aliphatic heterocycles. The van der Waals surface area contributed by atoms with Gasteiger partial charge in [0.1, 0.15) is 12.6 Å². The van der Waals surface area contributed by atoms with Crippen molar-refractivity contribution in [3.05, 3.63) is 48.6 Å². The van der Waals surface area contributed by atoms with Gasteiger partial charge in [0.05, 0.1) is 13.2 Å². The Hall–Kier alpha value is -2.56. The minimum atomic E-state index is -4.72. The van der Waals surface area contributed by atoms with E-state index >= 15 is 0 Å². The Kier molecular flexibility index (Phi) is 37.5. The van der Waals surface area contributed by atoms with Crippen LogP contribution in [-0.4, -0.2) is 59.9 Å². The average Bonchev–Trinajstić information content (AvgIpc) is 3.17. The molecule has 324 valence electrons. The van der Waals surface area contributed by atoms with Gasteiger partial charge in [0.2, 0.25) is 0 Å². The van der Waals surface area contributed by atoms with E-state index < -0.39 is 51.1 Å². The molecule has 0 aromatic heterocycles. The Morgan fingerprint density at radius 1 is 0.554 bits per heavy atom. The van der Waals surface area contributed by atoms with Crippen LogP contribution in [0.15, 0.2) is 48.6 Å². The molecule has 0 radical (unpaired) electrons. The van der Waals surface area contributed by atoms with Crippen molar-refractivity contribution in [2.24, 2.45) is 5.73 Å². The largest absolute Gasteiger partial charge is 0.480 e. The lowest BCUT2D eigenvalue weighted by atomic mass is 10.1. The van der Waals surface area contributed by atoms with Crippen LogP contribution in [0, 0.1) is 0 Å². The van der Waals surface area contributed by atoms with Crippen molar-refractivity contribution in [2.75, 3.05) is 19.8 Å². The second-order valence-corrected chi connectivity index (χ2v) is 15.9. The van der Waals surface area contributed by atoms with Gasteiger partial charge < -0.3 is 25.2 Å². The lowest BCUT2D eigenvalue weighted by molar-refractivity contribution is -0.161. The van der Waals surface area contributed by atoms with E-state index in [1.54, 1.807) is 0 Å². The normalized spacial score (nSPS) is 14.2. The van der Waals surface area contributed by atoms with Crippen molar-refractivity contribution < 1.29 is 47.5 Å². The van der Waals surface area contributed by atoms with Gasteiger partial charge in [-0.1, -0.05) is 140 Å². The number of rotatable bonds is 40. The molecule has 11 nitrogen and oxygen atoms in total. The Labute approximate surface area is 339 Å². The van der Waals surface area contributed by atoms with E-state index in [4.69, 9.17) is 24.8 Å². The van der Waals surface area contributed by atoms with Gasteiger partial charge in [-0.3, -0.25) is 23.4 Å². The average molecular weight is 812 g/mol. The van der Waals surface area contributed by atoms with Crippen LogP contribution in [0.25, 0.3) is 0 Å². The van der Waals surface area contributed by atoms with Crippen LogP contribution in [-0.2, 0) is 37.5 Å². The molecule has 0 aliphatic rings.